The zero-order chi connectivity index (χ0) is 15.3. The molecule has 0 spiro atoms. The van der Waals surface area contributed by atoms with Gasteiger partial charge in [0.05, 0.1) is 28.7 Å². The van der Waals surface area contributed by atoms with Crippen molar-refractivity contribution in [3.05, 3.63) is 28.8 Å². The van der Waals surface area contributed by atoms with Gasteiger partial charge in [-0.15, -0.1) is 0 Å². The van der Waals surface area contributed by atoms with E-state index in [9.17, 15) is 8.42 Å². The van der Waals surface area contributed by atoms with Crippen LogP contribution in [0.2, 0.25) is 0 Å². The van der Waals surface area contributed by atoms with E-state index in [1.54, 1.807) is 13.8 Å². The van der Waals surface area contributed by atoms with Gasteiger partial charge in [0.2, 0.25) is 10.0 Å². The first-order valence-electron chi connectivity index (χ1n) is 5.81. The van der Waals surface area contributed by atoms with E-state index in [0.717, 1.165) is 0 Å². The Hall–Kier alpha value is -2.09. The second-order valence-corrected chi connectivity index (χ2v) is 6.08. The largest absolute Gasteiger partial charge is 0.381 e. The van der Waals surface area contributed by atoms with Gasteiger partial charge in [0.15, 0.2) is 0 Å². The van der Waals surface area contributed by atoms with E-state index in [0.29, 0.717) is 11.3 Å². The van der Waals surface area contributed by atoms with Crippen molar-refractivity contribution >= 4 is 15.7 Å². The lowest BCUT2D eigenvalue weighted by Gasteiger charge is -2.14. The second-order valence-electron chi connectivity index (χ2n) is 4.31. The molecule has 0 aliphatic carbocycles. The zero-order valence-electron chi connectivity index (χ0n) is 11.5. The molecule has 0 bridgehead atoms. The summed E-state index contributed by atoms with van der Waals surface area (Å²) in [7, 11) is -2.15. The van der Waals surface area contributed by atoms with Crippen LogP contribution < -0.4 is 4.72 Å². The van der Waals surface area contributed by atoms with Crippen LogP contribution in [0.25, 0.3) is 0 Å². The summed E-state index contributed by atoms with van der Waals surface area (Å²) >= 11 is 0. The summed E-state index contributed by atoms with van der Waals surface area (Å²) in [6.45, 7) is 3.24. The predicted octanol–water partition coefficient (Wildman–Crippen LogP) is 1.51. The molecule has 6 nitrogen and oxygen atoms in total. The van der Waals surface area contributed by atoms with E-state index in [2.05, 4.69) is 4.72 Å². The summed E-state index contributed by atoms with van der Waals surface area (Å²) in [5.74, 6) is -0.190. The van der Waals surface area contributed by atoms with Crippen molar-refractivity contribution < 1.29 is 13.2 Å². The molecule has 1 aromatic carbocycles. The Kier molecular flexibility index (Phi) is 5.09. The number of anilines is 1. The molecule has 106 valence electrons. The molecule has 0 fully saturated rings. The van der Waals surface area contributed by atoms with Gasteiger partial charge in [-0.05, 0) is 31.5 Å². The third-order valence-electron chi connectivity index (χ3n) is 2.82. The van der Waals surface area contributed by atoms with E-state index in [1.807, 2.05) is 12.1 Å². The van der Waals surface area contributed by atoms with Gasteiger partial charge in [0.1, 0.15) is 12.1 Å². The van der Waals surface area contributed by atoms with E-state index in [1.165, 1.54) is 19.2 Å². The van der Waals surface area contributed by atoms with Crippen LogP contribution in [0.15, 0.2) is 12.1 Å². The number of rotatable bonds is 5. The highest BCUT2D eigenvalue weighted by Gasteiger charge is 2.18. The molecule has 0 heterocycles. The van der Waals surface area contributed by atoms with Crippen LogP contribution in [-0.4, -0.2) is 27.4 Å². The fourth-order valence-electron chi connectivity index (χ4n) is 1.65. The van der Waals surface area contributed by atoms with Crippen LogP contribution >= 0.6 is 0 Å². The van der Waals surface area contributed by atoms with Crippen molar-refractivity contribution in [1.29, 1.82) is 10.5 Å². The van der Waals surface area contributed by atoms with E-state index in [-0.39, 0.29) is 16.9 Å². The first kappa shape index (κ1) is 16.0. The van der Waals surface area contributed by atoms with Gasteiger partial charge in [-0.3, -0.25) is 4.72 Å². The summed E-state index contributed by atoms with van der Waals surface area (Å²) in [5.41, 5.74) is 1.12. The summed E-state index contributed by atoms with van der Waals surface area (Å²) < 4.78 is 31.2. The maximum atomic E-state index is 11.9. The molecular weight excluding hydrogens is 278 g/mol. The number of hydrogen-bond acceptors (Lipinski definition) is 5. The van der Waals surface area contributed by atoms with Crippen LogP contribution in [0.5, 0.6) is 0 Å². The monoisotopic (exact) mass is 293 g/mol. The molecule has 0 amide bonds. The van der Waals surface area contributed by atoms with Crippen LogP contribution in [0, 0.1) is 29.6 Å². The topological polar surface area (TPSA) is 103 Å². The van der Waals surface area contributed by atoms with Crippen LogP contribution in [0.3, 0.4) is 0 Å². The standard InChI is InChI=1S/C13H15N3O3S/c1-9(19-3)8-20(17,18)16-13-5-4-11(6-14)12(7-15)10(13)2/h4-5,9,16H,8H2,1-3H3. The Labute approximate surface area is 118 Å². The SMILES string of the molecule is COC(C)CS(=O)(=O)Nc1ccc(C#N)c(C#N)c1C. The summed E-state index contributed by atoms with van der Waals surface area (Å²) in [6, 6.07) is 6.71. The first-order valence-corrected chi connectivity index (χ1v) is 7.47. The number of nitrogens with one attached hydrogen (secondary N) is 1. The molecule has 0 saturated carbocycles. The first-order chi connectivity index (χ1) is 9.34. The summed E-state index contributed by atoms with van der Waals surface area (Å²) in [5, 5.41) is 17.9. The van der Waals surface area contributed by atoms with Crippen LogP contribution in [0.1, 0.15) is 23.6 Å². The molecule has 0 radical (unpaired) electrons. The molecular formula is C13H15N3O3S. The molecule has 0 saturated heterocycles. The molecule has 0 aliphatic heterocycles. The quantitative estimate of drug-likeness (QED) is 0.886. The second kappa shape index (κ2) is 6.38. The number of ether oxygens (including phenoxy) is 1. The Bertz CT molecular complexity index is 684. The minimum atomic E-state index is -3.58. The van der Waals surface area contributed by atoms with Crippen molar-refractivity contribution in [3.8, 4) is 12.1 Å². The molecule has 20 heavy (non-hydrogen) atoms. The minimum absolute atomic E-state index is 0.174. The third-order valence-corrected chi connectivity index (χ3v) is 4.26. The predicted molar refractivity (Wildman–Crippen MR) is 74.5 cm³/mol. The molecule has 1 N–H and O–H groups in total. The van der Waals surface area contributed by atoms with Gasteiger partial charge in [-0.2, -0.15) is 10.5 Å². The summed E-state index contributed by atoms with van der Waals surface area (Å²) in [4.78, 5) is 0. The van der Waals surface area contributed by atoms with Crippen molar-refractivity contribution in [3.63, 3.8) is 0 Å². The van der Waals surface area contributed by atoms with Gasteiger partial charge in [0.25, 0.3) is 0 Å². The summed E-state index contributed by atoms with van der Waals surface area (Å²) in [6.07, 6.45) is -0.443. The highest BCUT2D eigenvalue weighted by molar-refractivity contribution is 7.92. The maximum absolute atomic E-state index is 11.9. The fraction of sp³-hybridized carbons (Fsp3) is 0.385. The highest BCUT2D eigenvalue weighted by Crippen LogP contribution is 2.23. The normalized spacial score (nSPS) is 12.2. The van der Waals surface area contributed by atoms with E-state index >= 15 is 0 Å². The lowest BCUT2D eigenvalue weighted by Crippen LogP contribution is -2.25. The minimum Gasteiger partial charge on any atom is -0.381 e. The van der Waals surface area contributed by atoms with Crippen molar-refractivity contribution in [2.24, 2.45) is 0 Å². The molecule has 1 atom stereocenters. The van der Waals surface area contributed by atoms with E-state index in [4.69, 9.17) is 15.3 Å². The van der Waals surface area contributed by atoms with Gasteiger partial charge < -0.3 is 4.74 Å². The molecule has 0 aromatic heterocycles. The molecule has 1 rings (SSSR count). The average Bonchev–Trinajstić information content (AvgIpc) is 2.39. The number of sulfonamides is 1. The average molecular weight is 293 g/mol. The Morgan fingerprint density at radius 3 is 2.50 bits per heavy atom. The number of hydrogen-bond donors (Lipinski definition) is 1. The number of nitriles is 2. The van der Waals surface area contributed by atoms with Crippen LogP contribution in [-0.2, 0) is 14.8 Å². The number of nitrogens with zero attached hydrogens (tertiary/aromatic N) is 2. The van der Waals surface area contributed by atoms with Gasteiger partial charge in [0, 0.05) is 7.11 Å². The third kappa shape index (κ3) is 3.70. The smallest absolute Gasteiger partial charge is 0.235 e. The number of benzene rings is 1. The Morgan fingerprint density at radius 2 is 2.00 bits per heavy atom. The molecule has 7 heteroatoms. The lowest BCUT2D eigenvalue weighted by molar-refractivity contribution is 0.136. The molecule has 1 unspecified atom stereocenters. The van der Waals surface area contributed by atoms with Gasteiger partial charge >= 0.3 is 0 Å². The molecule has 1 aromatic rings. The maximum Gasteiger partial charge on any atom is 0.235 e. The highest BCUT2D eigenvalue weighted by atomic mass is 32.2. The van der Waals surface area contributed by atoms with Crippen LogP contribution in [0.4, 0.5) is 5.69 Å². The number of methoxy groups -OCH3 is 1. The van der Waals surface area contributed by atoms with Crippen molar-refractivity contribution in [1.82, 2.24) is 0 Å². The van der Waals surface area contributed by atoms with Crippen molar-refractivity contribution in [2.45, 2.75) is 20.0 Å². The lowest BCUT2D eigenvalue weighted by atomic mass is 10.0. The Morgan fingerprint density at radius 1 is 1.35 bits per heavy atom. The zero-order valence-corrected chi connectivity index (χ0v) is 12.3. The Balaban J connectivity index is 3.13. The fourth-order valence-corrected chi connectivity index (χ4v) is 3.04. The van der Waals surface area contributed by atoms with Crippen molar-refractivity contribution in [2.75, 3.05) is 17.6 Å². The molecule has 0 aliphatic rings. The van der Waals surface area contributed by atoms with Gasteiger partial charge in [-0.25, -0.2) is 8.42 Å². The van der Waals surface area contributed by atoms with E-state index < -0.39 is 16.1 Å². The van der Waals surface area contributed by atoms with Gasteiger partial charge in [-0.1, -0.05) is 0 Å².